The van der Waals surface area contributed by atoms with Gasteiger partial charge in [-0.05, 0) is 18.2 Å². The molecule has 2 heterocycles. The minimum Gasteiger partial charge on any atom is -0.319 e. The van der Waals surface area contributed by atoms with Gasteiger partial charge in [0.2, 0.25) is 0 Å². The third kappa shape index (κ3) is 2.75. The molecule has 2 rings (SSSR count). The Labute approximate surface area is 108 Å². The quantitative estimate of drug-likeness (QED) is 0.839. The van der Waals surface area contributed by atoms with Gasteiger partial charge in [0.15, 0.2) is 0 Å². The number of nitrogens with one attached hydrogen (secondary N) is 1. The first kappa shape index (κ1) is 12.3. The van der Waals surface area contributed by atoms with Gasteiger partial charge in [-0.15, -0.1) is 0 Å². The maximum absolute atomic E-state index is 11.8. The molecular weight excluding hydrogens is 254 g/mol. The van der Waals surface area contributed by atoms with Crippen LogP contribution in [0.25, 0.3) is 0 Å². The first-order valence-corrected chi connectivity index (χ1v) is 5.54. The highest BCUT2D eigenvalue weighted by Gasteiger charge is 2.08. The largest absolute Gasteiger partial charge is 0.319 e. The van der Waals surface area contributed by atoms with Crippen LogP contribution in [0.2, 0.25) is 5.15 Å². The molecule has 5 nitrogen and oxygen atoms in total. The van der Waals surface area contributed by atoms with Gasteiger partial charge >= 0.3 is 0 Å². The Morgan fingerprint density at radius 2 is 2.17 bits per heavy atom. The number of aryl methyl sites for hydroxylation is 1. The van der Waals surface area contributed by atoms with Crippen molar-refractivity contribution in [3.63, 3.8) is 0 Å². The van der Waals surface area contributed by atoms with E-state index in [1.165, 1.54) is 16.8 Å². The molecule has 0 saturated heterocycles. The van der Waals surface area contributed by atoms with Crippen LogP contribution >= 0.6 is 11.6 Å². The molecule has 0 aliphatic rings. The maximum Gasteiger partial charge on any atom is 0.257 e. The van der Waals surface area contributed by atoms with Crippen LogP contribution in [0.4, 0.5) is 5.82 Å². The number of carbonyl (C=O) groups is 1. The molecule has 0 saturated carbocycles. The molecule has 0 radical (unpaired) electrons. The minimum atomic E-state index is -0.400. The number of rotatable bonds is 2. The smallest absolute Gasteiger partial charge is 0.257 e. The second-order valence-corrected chi connectivity index (χ2v) is 4.05. The molecule has 0 aliphatic carbocycles. The maximum atomic E-state index is 11.8. The molecule has 1 amide bonds. The molecule has 0 fully saturated rings. The fourth-order valence-corrected chi connectivity index (χ4v) is 1.52. The first-order valence-electron chi connectivity index (χ1n) is 5.17. The summed E-state index contributed by atoms with van der Waals surface area (Å²) in [5, 5.41) is 2.85. The number of carbonyl (C=O) groups excluding carboxylic acids is 1. The SMILES string of the molecule is Cn1ccc(C(=O)Nc2cccc(Cl)n2)cc1=O. The van der Waals surface area contributed by atoms with Crippen LogP contribution < -0.4 is 10.9 Å². The molecule has 0 aromatic carbocycles. The van der Waals surface area contributed by atoms with E-state index in [0.29, 0.717) is 5.82 Å². The molecule has 6 heteroatoms. The molecule has 2 aromatic rings. The van der Waals surface area contributed by atoms with E-state index in [1.807, 2.05) is 0 Å². The first-order chi connectivity index (χ1) is 8.56. The van der Waals surface area contributed by atoms with Crippen LogP contribution in [0.15, 0.2) is 41.3 Å². The number of halogens is 1. The predicted molar refractivity (Wildman–Crippen MR) is 68.9 cm³/mol. The zero-order valence-corrected chi connectivity index (χ0v) is 10.3. The van der Waals surface area contributed by atoms with Crippen molar-refractivity contribution in [1.82, 2.24) is 9.55 Å². The minimum absolute atomic E-state index is 0.248. The van der Waals surface area contributed by atoms with E-state index in [0.717, 1.165) is 0 Å². The van der Waals surface area contributed by atoms with Crippen molar-refractivity contribution in [3.8, 4) is 0 Å². The summed E-state index contributed by atoms with van der Waals surface area (Å²) >= 11 is 5.70. The summed E-state index contributed by atoms with van der Waals surface area (Å²) < 4.78 is 1.38. The fourth-order valence-electron chi connectivity index (χ4n) is 1.36. The highest BCUT2D eigenvalue weighted by Crippen LogP contribution is 2.10. The Hall–Kier alpha value is -2.14. The predicted octanol–water partition coefficient (Wildman–Crippen LogP) is 1.69. The summed E-state index contributed by atoms with van der Waals surface area (Å²) in [5.74, 6) is -0.0596. The average molecular weight is 264 g/mol. The highest BCUT2D eigenvalue weighted by molar-refractivity contribution is 6.29. The molecule has 1 N–H and O–H groups in total. The summed E-state index contributed by atoms with van der Waals surface area (Å²) in [4.78, 5) is 27.2. The average Bonchev–Trinajstić information content (AvgIpc) is 2.32. The van der Waals surface area contributed by atoms with E-state index in [1.54, 1.807) is 31.3 Å². The lowest BCUT2D eigenvalue weighted by molar-refractivity contribution is 0.102. The summed E-state index contributed by atoms with van der Waals surface area (Å²) in [6, 6.07) is 7.72. The number of aromatic nitrogens is 2. The number of hydrogen-bond acceptors (Lipinski definition) is 3. The Kier molecular flexibility index (Phi) is 3.43. The van der Waals surface area contributed by atoms with Gasteiger partial charge in [0.25, 0.3) is 11.5 Å². The molecule has 0 atom stereocenters. The molecule has 0 aliphatic heterocycles. The van der Waals surface area contributed by atoms with Crippen LogP contribution in [0.5, 0.6) is 0 Å². The lowest BCUT2D eigenvalue weighted by Gasteiger charge is -2.05. The second kappa shape index (κ2) is 5.01. The van der Waals surface area contributed by atoms with Gasteiger partial charge in [0, 0.05) is 24.9 Å². The van der Waals surface area contributed by atoms with Crippen molar-refractivity contribution in [2.45, 2.75) is 0 Å². The van der Waals surface area contributed by atoms with E-state index >= 15 is 0 Å². The van der Waals surface area contributed by atoms with Crippen molar-refractivity contribution in [3.05, 3.63) is 57.6 Å². The van der Waals surface area contributed by atoms with E-state index in [4.69, 9.17) is 11.6 Å². The van der Waals surface area contributed by atoms with Gasteiger partial charge in [0.05, 0.1) is 0 Å². The lowest BCUT2D eigenvalue weighted by atomic mass is 10.2. The van der Waals surface area contributed by atoms with Crippen molar-refractivity contribution < 1.29 is 4.79 Å². The Bertz CT molecular complexity index is 652. The van der Waals surface area contributed by atoms with E-state index in [-0.39, 0.29) is 16.3 Å². The van der Waals surface area contributed by atoms with Crippen molar-refractivity contribution >= 4 is 23.3 Å². The Morgan fingerprint density at radius 1 is 1.39 bits per heavy atom. The Morgan fingerprint density at radius 3 is 2.83 bits per heavy atom. The monoisotopic (exact) mass is 263 g/mol. The lowest BCUT2D eigenvalue weighted by Crippen LogP contribution is -2.20. The van der Waals surface area contributed by atoms with E-state index in [9.17, 15) is 9.59 Å². The molecule has 0 bridgehead atoms. The highest BCUT2D eigenvalue weighted by atomic mass is 35.5. The van der Waals surface area contributed by atoms with Crippen LogP contribution in [0.3, 0.4) is 0 Å². The number of hydrogen-bond donors (Lipinski definition) is 1. The van der Waals surface area contributed by atoms with E-state index in [2.05, 4.69) is 10.3 Å². The molecule has 18 heavy (non-hydrogen) atoms. The van der Waals surface area contributed by atoms with E-state index < -0.39 is 5.91 Å². The molecule has 0 unspecified atom stereocenters. The van der Waals surface area contributed by atoms with Crippen molar-refractivity contribution in [2.24, 2.45) is 7.05 Å². The van der Waals surface area contributed by atoms with Crippen LogP contribution in [-0.4, -0.2) is 15.5 Å². The van der Waals surface area contributed by atoms with Crippen molar-refractivity contribution in [2.75, 3.05) is 5.32 Å². The van der Waals surface area contributed by atoms with Crippen LogP contribution in [0.1, 0.15) is 10.4 Å². The molecule has 0 spiro atoms. The van der Waals surface area contributed by atoms with Gasteiger partial charge < -0.3 is 9.88 Å². The summed E-state index contributed by atoms with van der Waals surface area (Å²) in [7, 11) is 1.61. The van der Waals surface area contributed by atoms with Gasteiger partial charge in [-0.25, -0.2) is 4.98 Å². The van der Waals surface area contributed by atoms with Gasteiger partial charge in [-0.1, -0.05) is 17.7 Å². The standard InChI is InChI=1S/C12H10ClN3O2/c1-16-6-5-8(7-11(16)17)12(18)15-10-4-2-3-9(13)14-10/h2-7H,1H3,(H,14,15,18). The van der Waals surface area contributed by atoms with Gasteiger partial charge in [0.1, 0.15) is 11.0 Å². The summed E-state index contributed by atoms with van der Waals surface area (Å²) in [5.41, 5.74) is 0.0292. The zero-order chi connectivity index (χ0) is 13.1. The molecule has 92 valence electrons. The fraction of sp³-hybridized carbons (Fsp3) is 0.0833. The topological polar surface area (TPSA) is 64.0 Å². The molecule has 2 aromatic heterocycles. The summed E-state index contributed by atoms with van der Waals surface area (Å²) in [6.45, 7) is 0. The van der Waals surface area contributed by atoms with Gasteiger partial charge in [-0.2, -0.15) is 0 Å². The number of pyridine rings is 2. The van der Waals surface area contributed by atoms with Crippen LogP contribution in [0, 0.1) is 0 Å². The third-order valence-electron chi connectivity index (χ3n) is 2.32. The van der Waals surface area contributed by atoms with Gasteiger partial charge in [-0.3, -0.25) is 9.59 Å². The second-order valence-electron chi connectivity index (χ2n) is 3.66. The zero-order valence-electron chi connectivity index (χ0n) is 9.55. The normalized spacial score (nSPS) is 10.1. The van der Waals surface area contributed by atoms with Crippen molar-refractivity contribution in [1.29, 1.82) is 0 Å². The number of nitrogens with zero attached hydrogens (tertiary/aromatic N) is 2. The number of anilines is 1. The number of amides is 1. The Balaban J connectivity index is 2.22. The third-order valence-corrected chi connectivity index (χ3v) is 2.53. The summed E-state index contributed by atoms with van der Waals surface area (Å²) in [6.07, 6.45) is 1.53. The van der Waals surface area contributed by atoms with Crippen LogP contribution in [-0.2, 0) is 7.05 Å². The molecular formula is C12H10ClN3O2.